The number of rotatable bonds is 1. The highest BCUT2D eigenvalue weighted by Gasteiger charge is 2.44. The predicted molar refractivity (Wildman–Crippen MR) is 77.3 cm³/mol. The Morgan fingerprint density at radius 3 is 2.38 bits per heavy atom. The Kier molecular flexibility index (Phi) is 4.76. The zero-order valence-electron chi connectivity index (χ0n) is 12.5. The fourth-order valence-corrected chi connectivity index (χ4v) is 2.97. The summed E-state index contributed by atoms with van der Waals surface area (Å²) in [7, 11) is 0. The van der Waals surface area contributed by atoms with Crippen LogP contribution in [0.1, 0.15) is 32.3 Å². The molecule has 1 spiro atoms. The average molecular weight is 301 g/mol. The second-order valence-corrected chi connectivity index (χ2v) is 5.51. The van der Waals surface area contributed by atoms with Crippen LogP contribution in [0.5, 0.6) is 0 Å². The quantitative estimate of drug-likeness (QED) is 0.862. The van der Waals surface area contributed by atoms with Gasteiger partial charge >= 0.3 is 6.18 Å². The predicted octanol–water partition coefficient (Wildman–Crippen LogP) is 3.32. The molecular formula is C15H22F3N3. The number of hydrogen-bond acceptors (Lipinski definition) is 3. The fraction of sp³-hybridized carbons (Fsp3) is 0.667. The summed E-state index contributed by atoms with van der Waals surface area (Å²) in [6, 6.07) is 2.16. The van der Waals surface area contributed by atoms with E-state index in [9.17, 15) is 13.2 Å². The molecule has 0 unspecified atom stereocenters. The van der Waals surface area contributed by atoms with Crippen LogP contribution in [-0.4, -0.2) is 31.2 Å². The van der Waals surface area contributed by atoms with Gasteiger partial charge in [0.1, 0.15) is 5.82 Å². The van der Waals surface area contributed by atoms with E-state index in [0.717, 1.165) is 51.2 Å². The summed E-state index contributed by atoms with van der Waals surface area (Å²) in [4.78, 5) is 6.01. The Morgan fingerprint density at radius 2 is 1.81 bits per heavy atom. The molecule has 118 valence electrons. The third-order valence-corrected chi connectivity index (χ3v) is 4.11. The van der Waals surface area contributed by atoms with Gasteiger partial charge in [-0.3, -0.25) is 0 Å². The first kappa shape index (κ1) is 16.1. The van der Waals surface area contributed by atoms with Crippen molar-refractivity contribution in [3.8, 4) is 0 Å². The van der Waals surface area contributed by atoms with Crippen molar-refractivity contribution in [2.45, 2.75) is 32.9 Å². The van der Waals surface area contributed by atoms with Crippen molar-refractivity contribution in [3.63, 3.8) is 0 Å². The van der Waals surface area contributed by atoms with Crippen LogP contribution in [0.25, 0.3) is 0 Å². The maximum Gasteiger partial charge on any atom is 0.416 e. The lowest BCUT2D eigenvalue weighted by molar-refractivity contribution is -0.137. The fourth-order valence-electron chi connectivity index (χ4n) is 2.97. The third kappa shape index (κ3) is 3.48. The van der Waals surface area contributed by atoms with E-state index < -0.39 is 11.7 Å². The third-order valence-electron chi connectivity index (χ3n) is 4.11. The Bertz CT molecular complexity index is 459. The van der Waals surface area contributed by atoms with Crippen molar-refractivity contribution in [2.24, 2.45) is 5.41 Å². The van der Waals surface area contributed by atoms with Gasteiger partial charge in [-0.1, -0.05) is 13.8 Å². The van der Waals surface area contributed by atoms with Crippen molar-refractivity contribution in [3.05, 3.63) is 23.9 Å². The molecule has 1 aromatic rings. The molecule has 2 aliphatic rings. The first-order chi connectivity index (χ1) is 9.99. The van der Waals surface area contributed by atoms with Gasteiger partial charge in [-0.25, -0.2) is 4.98 Å². The molecule has 3 rings (SSSR count). The summed E-state index contributed by atoms with van der Waals surface area (Å²) in [6.07, 6.45) is -0.856. The standard InChI is InChI=1S/C13H16F3N3.C2H6/c14-13(15,16)10-1-4-18-11(7-10)19-8-12(9-19)2-5-17-6-3-12;1-2/h1,4,7,17H,2-3,5-6,8-9H2;1-2H3. The second-order valence-electron chi connectivity index (χ2n) is 5.51. The summed E-state index contributed by atoms with van der Waals surface area (Å²) < 4.78 is 37.9. The number of alkyl halides is 3. The number of piperidine rings is 1. The molecule has 0 bridgehead atoms. The normalized spacial score (nSPS) is 20.5. The molecule has 21 heavy (non-hydrogen) atoms. The second kappa shape index (κ2) is 6.22. The smallest absolute Gasteiger partial charge is 0.355 e. The number of hydrogen-bond donors (Lipinski definition) is 1. The highest BCUT2D eigenvalue weighted by atomic mass is 19.4. The van der Waals surface area contributed by atoms with Crippen LogP contribution in [0.2, 0.25) is 0 Å². The van der Waals surface area contributed by atoms with E-state index in [0.29, 0.717) is 11.2 Å². The summed E-state index contributed by atoms with van der Waals surface area (Å²) in [6.45, 7) is 7.65. The molecule has 3 nitrogen and oxygen atoms in total. The summed E-state index contributed by atoms with van der Waals surface area (Å²) in [5.41, 5.74) is -0.329. The van der Waals surface area contributed by atoms with E-state index in [1.165, 1.54) is 6.20 Å². The minimum Gasteiger partial charge on any atom is -0.355 e. The number of nitrogens with zero attached hydrogens (tertiary/aromatic N) is 2. The van der Waals surface area contributed by atoms with Gasteiger partial charge < -0.3 is 10.2 Å². The zero-order valence-corrected chi connectivity index (χ0v) is 12.5. The van der Waals surface area contributed by atoms with Crippen LogP contribution in [-0.2, 0) is 6.18 Å². The summed E-state index contributed by atoms with van der Waals surface area (Å²) in [5.74, 6) is 0.444. The highest BCUT2D eigenvalue weighted by Crippen LogP contribution is 2.41. The van der Waals surface area contributed by atoms with E-state index in [2.05, 4.69) is 10.3 Å². The van der Waals surface area contributed by atoms with Gasteiger partial charge in [-0.2, -0.15) is 13.2 Å². The Morgan fingerprint density at radius 1 is 1.19 bits per heavy atom. The van der Waals surface area contributed by atoms with E-state index in [-0.39, 0.29) is 0 Å². The largest absolute Gasteiger partial charge is 0.416 e. The molecule has 3 heterocycles. The van der Waals surface area contributed by atoms with Crippen LogP contribution >= 0.6 is 0 Å². The maximum absolute atomic E-state index is 12.6. The molecule has 1 aromatic heterocycles. The van der Waals surface area contributed by atoms with Crippen molar-refractivity contribution in [2.75, 3.05) is 31.1 Å². The first-order valence-electron chi connectivity index (χ1n) is 7.48. The van der Waals surface area contributed by atoms with Crippen LogP contribution in [0.4, 0.5) is 19.0 Å². The van der Waals surface area contributed by atoms with Gasteiger partial charge in [-0.05, 0) is 38.1 Å². The van der Waals surface area contributed by atoms with Gasteiger partial charge in [0.15, 0.2) is 0 Å². The monoisotopic (exact) mass is 301 g/mol. The molecular weight excluding hydrogens is 279 g/mol. The van der Waals surface area contributed by atoms with Crippen LogP contribution in [0.15, 0.2) is 18.3 Å². The Labute approximate surface area is 123 Å². The number of aromatic nitrogens is 1. The van der Waals surface area contributed by atoms with Crippen molar-refractivity contribution < 1.29 is 13.2 Å². The molecule has 1 N–H and O–H groups in total. The molecule has 2 fully saturated rings. The topological polar surface area (TPSA) is 28.2 Å². The van der Waals surface area contributed by atoms with Gasteiger partial charge in [0.25, 0.3) is 0 Å². The van der Waals surface area contributed by atoms with Gasteiger partial charge in [0, 0.05) is 24.7 Å². The van der Waals surface area contributed by atoms with Gasteiger partial charge in [0.2, 0.25) is 0 Å². The minimum absolute atomic E-state index is 0.293. The molecule has 2 saturated heterocycles. The lowest BCUT2D eigenvalue weighted by Crippen LogP contribution is -2.60. The zero-order chi connectivity index (χ0) is 15.5. The Balaban J connectivity index is 0.000000774. The van der Waals surface area contributed by atoms with E-state index >= 15 is 0 Å². The molecule has 0 atom stereocenters. The summed E-state index contributed by atoms with van der Waals surface area (Å²) >= 11 is 0. The van der Waals surface area contributed by atoms with Crippen LogP contribution in [0, 0.1) is 5.41 Å². The number of pyridine rings is 1. The lowest BCUT2D eigenvalue weighted by atomic mass is 9.72. The lowest BCUT2D eigenvalue weighted by Gasteiger charge is -2.53. The maximum atomic E-state index is 12.6. The van der Waals surface area contributed by atoms with Crippen LogP contribution < -0.4 is 10.2 Å². The van der Waals surface area contributed by atoms with Crippen LogP contribution in [0.3, 0.4) is 0 Å². The van der Waals surface area contributed by atoms with E-state index in [1.807, 2.05) is 18.7 Å². The number of nitrogens with one attached hydrogen (secondary N) is 1. The molecule has 0 radical (unpaired) electrons. The molecule has 0 aliphatic carbocycles. The SMILES string of the molecule is CC.FC(F)(F)c1ccnc(N2CC3(CCNCC3)C2)c1. The number of halogens is 3. The van der Waals surface area contributed by atoms with Crippen molar-refractivity contribution in [1.82, 2.24) is 10.3 Å². The minimum atomic E-state index is -4.30. The molecule has 0 saturated carbocycles. The molecule has 0 amide bonds. The Hall–Kier alpha value is -1.30. The van der Waals surface area contributed by atoms with Gasteiger partial charge in [-0.15, -0.1) is 0 Å². The molecule has 2 aliphatic heterocycles. The first-order valence-corrected chi connectivity index (χ1v) is 7.48. The van der Waals surface area contributed by atoms with Crippen molar-refractivity contribution in [1.29, 1.82) is 0 Å². The van der Waals surface area contributed by atoms with Crippen molar-refractivity contribution >= 4 is 5.82 Å². The van der Waals surface area contributed by atoms with E-state index in [1.54, 1.807) is 0 Å². The molecule has 0 aromatic carbocycles. The number of anilines is 1. The summed E-state index contributed by atoms with van der Waals surface area (Å²) in [5, 5.41) is 3.31. The van der Waals surface area contributed by atoms with Gasteiger partial charge in [0.05, 0.1) is 5.56 Å². The molecule has 6 heteroatoms. The highest BCUT2D eigenvalue weighted by molar-refractivity contribution is 5.45. The average Bonchev–Trinajstić information content (AvgIpc) is 2.47. The van der Waals surface area contributed by atoms with E-state index in [4.69, 9.17) is 0 Å².